The van der Waals surface area contributed by atoms with Crippen LogP contribution in [0.4, 0.5) is 5.69 Å². The van der Waals surface area contributed by atoms with Gasteiger partial charge >= 0.3 is 0 Å². The molecule has 0 saturated carbocycles. The molecule has 1 heterocycles. The first-order chi connectivity index (χ1) is 8.63. The first-order valence-electron chi connectivity index (χ1n) is 5.48. The van der Waals surface area contributed by atoms with Crippen molar-refractivity contribution in [3.05, 3.63) is 29.3 Å². The van der Waals surface area contributed by atoms with E-state index in [0.29, 0.717) is 16.5 Å². The second-order valence-electron chi connectivity index (χ2n) is 3.83. The summed E-state index contributed by atoms with van der Waals surface area (Å²) in [5.41, 5.74) is 0.543. The Kier molecular flexibility index (Phi) is 4.27. The molecular formula is C12H12ClNO3S. The van der Waals surface area contributed by atoms with Crippen LogP contribution in [0.3, 0.4) is 0 Å². The number of halogens is 1. The second-order valence-corrected chi connectivity index (χ2v) is 5.58. The molecule has 1 atom stereocenters. The van der Waals surface area contributed by atoms with Gasteiger partial charge in [-0.1, -0.05) is 11.6 Å². The summed E-state index contributed by atoms with van der Waals surface area (Å²) in [6.07, 6.45) is 0.187. The molecule has 6 heteroatoms. The van der Waals surface area contributed by atoms with E-state index in [4.69, 9.17) is 16.7 Å². The van der Waals surface area contributed by atoms with E-state index in [0.717, 1.165) is 0 Å². The van der Waals surface area contributed by atoms with Crippen LogP contribution in [0.1, 0.15) is 6.42 Å². The molecule has 1 aliphatic rings. The Bertz CT molecular complexity index is 463. The average molecular weight is 286 g/mol. The molecule has 1 aliphatic heterocycles. The molecule has 1 unspecified atom stereocenters. The van der Waals surface area contributed by atoms with Gasteiger partial charge in [0.05, 0.1) is 17.5 Å². The zero-order chi connectivity index (χ0) is 13.1. The Hall–Kier alpha value is -1.04. The van der Waals surface area contributed by atoms with E-state index in [1.807, 2.05) is 0 Å². The molecule has 0 bridgehead atoms. The molecule has 1 N–H and O–H groups in total. The largest absolute Gasteiger partial charge is 0.396 e. The predicted molar refractivity (Wildman–Crippen MR) is 71.9 cm³/mol. The lowest BCUT2D eigenvalue weighted by atomic mass is 10.3. The number of hydrogen-bond donors (Lipinski definition) is 1. The lowest BCUT2D eigenvalue weighted by Gasteiger charge is -2.14. The number of imide groups is 1. The van der Waals surface area contributed by atoms with Gasteiger partial charge in [0.25, 0.3) is 0 Å². The van der Waals surface area contributed by atoms with Crippen LogP contribution in [-0.4, -0.2) is 34.5 Å². The minimum Gasteiger partial charge on any atom is -0.396 e. The number of aliphatic hydroxyl groups is 1. The number of carbonyl (C=O) groups excluding carboxylic acids is 2. The fourth-order valence-electron chi connectivity index (χ4n) is 1.79. The molecule has 2 amide bonds. The van der Waals surface area contributed by atoms with Crippen LogP contribution in [-0.2, 0) is 9.59 Å². The molecule has 2 rings (SSSR count). The SMILES string of the molecule is O=C1CC(SCCO)C(=O)N1c1ccc(Cl)cc1. The van der Waals surface area contributed by atoms with Gasteiger partial charge in [-0.3, -0.25) is 9.59 Å². The third-order valence-corrected chi connectivity index (χ3v) is 4.04. The minimum atomic E-state index is -0.389. The summed E-state index contributed by atoms with van der Waals surface area (Å²) in [6.45, 7) is 0.00355. The summed E-state index contributed by atoms with van der Waals surface area (Å²) < 4.78 is 0. The van der Waals surface area contributed by atoms with Crippen LogP contribution in [0, 0.1) is 0 Å². The van der Waals surface area contributed by atoms with E-state index in [9.17, 15) is 9.59 Å². The highest BCUT2D eigenvalue weighted by molar-refractivity contribution is 8.00. The monoisotopic (exact) mass is 285 g/mol. The summed E-state index contributed by atoms with van der Waals surface area (Å²) in [5, 5.41) is 8.92. The zero-order valence-electron chi connectivity index (χ0n) is 9.51. The highest BCUT2D eigenvalue weighted by Crippen LogP contribution is 2.29. The predicted octanol–water partition coefficient (Wildman–Crippen LogP) is 1.70. The van der Waals surface area contributed by atoms with Gasteiger partial charge in [0, 0.05) is 17.2 Å². The second kappa shape index (κ2) is 5.73. The Morgan fingerprint density at radius 1 is 1.33 bits per heavy atom. The van der Waals surface area contributed by atoms with Crippen molar-refractivity contribution in [2.24, 2.45) is 0 Å². The van der Waals surface area contributed by atoms with Crippen molar-refractivity contribution in [1.29, 1.82) is 0 Å². The first-order valence-corrected chi connectivity index (χ1v) is 6.91. The molecule has 0 radical (unpaired) electrons. The number of rotatable bonds is 4. The van der Waals surface area contributed by atoms with Gasteiger partial charge in [-0.25, -0.2) is 4.90 Å². The van der Waals surface area contributed by atoms with Gasteiger partial charge in [0.15, 0.2) is 0 Å². The van der Waals surface area contributed by atoms with E-state index >= 15 is 0 Å². The van der Waals surface area contributed by atoms with Gasteiger partial charge in [-0.15, -0.1) is 11.8 Å². The van der Waals surface area contributed by atoms with Gasteiger partial charge in [-0.05, 0) is 24.3 Å². The minimum absolute atomic E-state index is 0.00355. The maximum Gasteiger partial charge on any atom is 0.247 e. The normalized spacial score (nSPS) is 19.7. The Balaban J connectivity index is 2.16. The maximum atomic E-state index is 12.1. The number of nitrogens with zero attached hydrogens (tertiary/aromatic N) is 1. The van der Waals surface area contributed by atoms with Gasteiger partial charge in [0.1, 0.15) is 0 Å². The lowest BCUT2D eigenvalue weighted by molar-refractivity contribution is -0.121. The van der Waals surface area contributed by atoms with Crippen LogP contribution < -0.4 is 4.90 Å². The van der Waals surface area contributed by atoms with E-state index in [1.165, 1.54) is 16.7 Å². The van der Waals surface area contributed by atoms with Crippen molar-refractivity contribution in [3.8, 4) is 0 Å². The van der Waals surface area contributed by atoms with Crippen LogP contribution in [0.25, 0.3) is 0 Å². The van der Waals surface area contributed by atoms with Gasteiger partial charge in [-0.2, -0.15) is 0 Å². The molecule has 1 aromatic rings. The number of anilines is 1. The van der Waals surface area contributed by atoms with E-state index < -0.39 is 0 Å². The molecular weight excluding hydrogens is 274 g/mol. The molecule has 4 nitrogen and oxygen atoms in total. The van der Waals surface area contributed by atoms with Crippen molar-refractivity contribution < 1.29 is 14.7 Å². The average Bonchev–Trinajstić information content (AvgIpc) is 2.63. The van der Waals surface area contributed by atoms with E-state index in [2.05, 4.69) is 0 Å². The Morgan fingerprint density at radius 2 is 2.00 bits per heavy atom. The fourth-order valence-corrected chi connectivity index (χ4v) is 2.81. The zero-order valence-corrected chi connectivity index (χ0v) is 11.1. The summed E-state index contributed by atoms with van der Waals surface area (Å²) >= 11 is 7.08. The number of amides is 2. The maximum absolute atomic E-state index is 12.1. The lowest BCUT2D eigenvalue weighted by Crippen LogP contribution is -2.31. The quantitative estimate of drug-likeness (QED) is 0.856. The van der Waals surface area contributed by atoms with Crippen LogP contribution >= 0.6 is 23.4 Å². The molecule has 0 aliphatic carbocycles. The van der Waals surface area contributed by atoms with E-state index in [1.54, 1.807) is 24.3 Å². The number of carbonyl (C=O) groups is 2. The molecule has 96 valence electrons. The molecule has 0 aromatic heterocycles. The standard InChI is InChI=1S/C12H12ClNO3S/c13-8-1-3-9(4-2-8)14-11(16)7-10(12(14)17)18-6-5-15/h1-4,10,15H,5-7H2. The van der Waals surface area contributed by atoms with Gasteiger partial charge in [0.2, 0.25) is 11.8 Å². The van der Waals surface area contributed by atoms with Crippen LogP contribution in [0.15, 0.2) is 24.3 Å². The summed E-state index contributed by atoms with van der Waals surface area (Å²) in [5.74, 6) is 0.0246. The molecule has 1 aromatic carbocycles. The van der Waals surface area contributed by atoms with Crippen molar-refractivity contribution >= 4 is 40.9 Å². The van der Waals surface area contributed by atoms with Crippen molar-refractivity contribution in [2.75, 3.05) is 17.3 Å². The van der Waals surface area contributed by atoms with Crippen LogP contribution in [0.5, 0.6) is 0 Å². The number of thioether (sulfide) groups is 1. The van der Waals surface area contributed by atoms with Crippen molar-refractivity contribution in [2.45, 2.75) is 11.7 Å². The van der Waals surface area contributed by atoms with Crippen LogP contribution in [0.2, 0.25) is 5.02 Å². The molecule has 1 saturated heterocycles. The number of benzene rings is 1. The number of hydrogen-bond acceptors (Lipinski definition) is 4. The molecule has 1 fully saturated rings. The highest BCUT2D eigenvalue weighted by atomic mass is 35.5. The summed E-state index contributed by atoms with van der Waals surface area (Å²) in [4.78, 5) is 25.1. The van der Waals surface area contributed by atoms with Crippen molar-refractivity contribution in [3.63, 3.8) is 0 Å². The number of aliphatic hydroxyl groups excluding tert-OH is 1. The topological polar surface area (TPSA) is 57.6 Å². The highest BCUT2D eigenvalue weighted by Gasteiger charge is 2.39. The smallest absolute Gasteiger partial charge is 0.247 e. The Morgan fingerprint density at radius 3 is 2.61 bits per heavy atom. The van der Waals surface area contributed by atoms with Crippen molar-refractivity contribution in [1.82, 2.24) is 0 Å². The third kappa shape index (κ3) is 2.68. The third-order valence-electron chi connectivity index (χ3n) is 2.60. The summed E-state index contributed by atoms with van der Waals surface area (Å²) in [6, 6.07) is 6.59. The first kappa shape index (κ1) is 13.4. The van der Waals surface area contributed by atoms with E-state index in [-0.39, 0.29) is 30.1 Å². The summed E-state index contributed by atoms with van der Waals surface area (Å²) in [7, 11) is 0. The fraction of sp³-hybridized carbons (Fsp3) is 0.333. The van der Waals surface area contributed by atoms with Gasteiger partial charge < -0.3 is 5.11 Å². The molecule has 0 spiro atoms. The Labute approximate surface area is 114 Å². The molecule has 18 heavy (non-hydrogen) atoms.